The van der Waals surface area contributed by atoms with Crippen LogP contribution in [0.3, 0.4) is 0 Å². The second-order valence-corrected chi connectivity index (χ2v) is 10.1. The Labute approximate surface area is 199 Å². The van der Waals surface area contributed by atoms with E-state index >= 15 is 0 Å². The van der Waals surface area contributed by atoms with Gasteiger partial charge in [0.1, 0.15) is 17.5 Å². The fraction of sp³-hybridized carbons (Fsp3) is 0.577. The first-order chi connectivity index (χ1) is 16.7. The summed E-state index contributed by atoms with van der Waals surface area (Å²) < 4.78 is 4.14. The molecule has 1 amide bonds. The number of rotatable bonds is 2. The molecule has 1 aromatic carbocycles. The van der Waals surface area contributed by atoms with Gasteiger partial charge in [0.25, 0.3) is 11.5 Å². The van der Waals surface area contributed by atoms with Gasteiger partial charge in [-0.05, 0) is 56.7 Å². The van der Waals surface area contributed by atoms with E-state index < -0.39 is 0 Å². The van der Waals surface area contributed by atoms with Crippen molar-refractivity contribution in [1.82, 2.24) is 29.2 Å². The lowest BCUT2D eigenvalue weighted by molar-refractivity contribution is 0.0703. The molecule has 8 heteroatoms. The van der Waals surface area contributed by atoms with Crippen molar-refractivity contribution in [1.29, 1.82) is 0 Å². The monoisotopic (exact) mass is 460 g/mol. The van der Waals surface area contributed by atoms with Crippen LogP contribution in [0.5, 0.6) is 0 Å². The average molecular weight is 461 g/mol. The van der Waals surface area contributed by atoms with E-state index in [9.17, 15) is 9.59 Å². The van der Waals surface area contributed by atoms with Gasteiger partial charge in [-0.3, -0.25) is 14.2 Å². The molecular weight excluding hydrogens is 428 g/mol. The van der Waals surface area contributed by atoms with E-state index in [0.717, 1.165) is 82.1 Å². The Kier molecular flexibility index (Phi) is 5.67. The number of hydrogen-bond acceptors (Lipinski definition) is 5. The van der Waals surface area contributed by atoms with Crippen LogP contribution in [-0.4, -0.2) is 48.2 Å². The van der Waals surface area contributed by atoms with Gasteiger partial charge in [-0.1, -0.05) is 12.8 Å². The lowest BCUT2D eigenvalue weighted by atomic mass is 9.96. The number of benzene rings is 1. The molecule has 0 radical (unpaired) electrons. The van der Waals surface area contributed by atoms with Crippen LogP contribution in [0.25, 0.3) is 10.9 Å². The van der Waals surface area contributed by atoms with E-state index in [1.807, 2.05) is 15.5 Å². The summed E-state index contributed by atoms with van der Waals surface area (Å²) in [5.41, 5.74) is 1.27. The summed E-state index contributed by atoms with van der Waals surface area (Å²) in [7, 11) is 0. The van der Waals surface area contributed by atoms with Crippen molar-refractivity contribution < 1.29 is 4.79 Å². The fourth-order valence-electron chi connectivity index (χ4n) is 5.92. The normalized spacial score (nSPS) is 20.9. The lowest BCUT2D eigenvalue weighted by Crippen LogP contribution is -2.40. The van der Waals surface area contributed by atoms with E-state index in [-0.39, 0.29) is 17.4 Å². The number of fused-ring (bicyclic) bond motifs is 3. The van der Waals surface area contributed by atoms with Crippen LogP contribution >= 0.6 is 0 Å². The smallest absolute Gasteiger partial charge is 0.261 e. The van der Waals surface area contributed by atoms with E-state index in [1.54, 1.807) is 12.1 Å². The highest BCUT2D eigenvalue weighted by Crippen LogP contribution is 2.29. The maximum absolute atomic E-state index is 13.5. The minimum Gasteiger partial charge on any atom is -0.338 e. The third kappa shape index (κ3) is 3.83. The van der Waals surface area contributed by atoms with Crippen molar-refractivity contribution in [3.8, 4) is 0 Å². The molecule has 3 aromatic rings. The molecular formula is C26H32N6O2. The van der Waals surface area contributed by atoms with Gasteiger partial charge in [-0.2, -0.15) is 0 Å². The second kappa shape index (κ2) is 8.96. The van der Waals surface area contributed by atoms with Gasteiger partial charge in [0.05, 0.1) is 10.9 Å². The van der Waals surface area contributed by atoms with E-state index in [1.165, 1.54) is 19.3 Å². The molecule has 178 valence electrons. The van der Waals surface area contributed by atoms with Crippen molar-refractivity contribution in [2.24, 2.45) is 0 Å². The minimum atomic E-state index is 0.0130. The molecule has 1 unspecified atom stereocenters. The fourth-order valence-corrected chi connectivity index (χ4v) is 5.92. The zero-order valence-corrected chi connectivity index (χ0v) is 19.7. The van der Waals surface area contributed by atoms with E-state index in [0.29, 0.717) is 23.0 Å². The predicted octanol–water partition coefficient (Wildman–Crippen LogP) is 3.46. The maximum atomic E-state index is 13.5. The first kappa shape index (κ1) is 21.5. The van der Waals surface area contributed by atoms with Gasteiger partial charge >= 0.3 is 0 Å². The Hall–Kier alpha value is -3.03. The molecule has 0 N–H and O–H groups in total. The van der Waals surface area contributed by atoms with Crippen LogP contribution in [0.1, 0.15) is 85.1 Å². The van der Waals surface area contributed by atoms with Crippen LogP contribution in [0, 0.1) is 0 Å². The van der Waals surface area contributed by atoms with Crippen molar-refractivity contribution >= 4 is 16.8 Å². The highest BCUT2D eigenvalue weighted by molar-refractivity contribution is 5.97. The van der Waals surface area contributed by atoms with Crippen LogP contribution in [0.15, 0.2) is 23.0 Å². The number of aryl methyl sites for hydroxylation is 2. The Morgan fingerprint density at radius 3 is 2.50 bits per heavy atom. The van der Waals surface area contributed by atoms with Crippen LogP contribution in [-0.2, 0) is 25.9 Å². The molecule has 0 bridgehead atoms. The number of carbonyl (C=O) groups excluding carboxylic acids is 1. The van der Waals surface area contributed by atoms with Crippen molar-refractivity contribution in [2.75, 3.05) is 13.1 Å². The molecule has 1 atom stereocenters. The third-order valence-electron chi connectivity index (χ3n) is 7.78. The van der Waals surface area contributed by atoms with Crippen molar-refractivity contribution in [3.63, 3.8) is 0 Å². The number of piperidine rings is 1. The average Bonchev–Trinajstić information content (AvgIpc) is 3.02. The van der Waals surface area contributed by atoms with Crippen molar-refractivity contribution in [3.05, 3.63) is 51.6 Å². The molecule has 6 rings (SSSR count). The molecule has 1 saturated heterocycles. The SMILES string of the molecule is O=C(c1ccc2c(=O)n3c(nc2c1)CCCCC3)N1CCCC(c2nnc3n2CCCCC3)C1. The molecule has 5 heterocycles. The summed E-state index contributed by atoms with van der Waals surface area (Å²) in [6.45, 7) is 3.13. The zero-order valence-electron chi connectivity index (χ0n) is 19.7. The number of hydrogen-bond donors (Lipinski definition) is 0. The van der Waals surface area contributed by atoms with E-state index in [4.69, 9.17) is 4.98 Å². The number of likely N-dealkylation sites (tertiary alicyclic amines) is 1. The number of nitrogens with zero attached hydrogens (tertiary/aromatic N) is 6. The zero-order chi connectivity index (χ0) is 23.1. The molecule has 0 spiro atoms. The Bertz CT molecular complexity index is 1290. The summed E-state index contributed by atoms with van der Waals surface area (Å²) in [6.07, 6.45) is 10.6. The number of aromatic nitrogens is 5. The standard InChI is InChI=1S/C26H32N6O2/c33-25(18-11-12-20-21(16-18)27-22-9-3-1-6-15-32(22)26(20)34)30-13-7-8-19(17-30)24-29-28-23-10-4-2-5-14-31(23)24/h11-12,16,19H,1-10,13-15,17H2. The van der Waals surface area contributed by atoms with Crippen LogP contribution < -0.4 is 5.56 Å². The van der Waals surface area contributed by atoms with E-state index in [2.05, 4.69) is 14.8 Å². The van der Waals surface area contributed by atoms with Crippen LogP contribution in [0.2, 0.25) is 0 Å². The van der Waals surface area contributed by atoms with Gasteiger partial charge in [-0.15, -0.1) is 10.2 Å². The molecule has 1 fully saturated rings. The largest absolute Gasteiger partial charge is 0.338 e. The molecule has 0 saturated carbocycles. The van der Waals surface area contributed by atoms with Gasteiger partial charge in [-0.25, -0.2) is 4.98 Å². The summed E-state index contributed by atoms with van der Waals surface area (Å²) in [4.78, 5) is 33.3. The molecule has 8 nitrogen and oxygen atoms in total. The topological polar surface area (TPSA) is 85.9 Å². The first-order valence-electron chi connectivity index (χ1n) is 12.9. The molecule has 3 aliphatic rings. The predicted molar refractivity (Wildman–Crippen MR) is 129 cm³/mol. The number of carbonyl (C=O) groups is 1. The Balaban J connectivity index is 1.27. The summed E-state index contributed by atoms with van der Waals surface area (Å²) in [5, 5.41) is 9.63. The van der Waals surface area contributed by atoms with Crippen molar-refractivity contribution in [2.45, 2.75) is 83.2 Å². The minimum absolute atomic E-state index is 0.0130. The Morgan fingerprint density at radius 1 is 0.853 bits per heavy atom. The number of amides is 1. The van der Waals surface area contributed by atoms with Gasteiger partial charge in [0.2, 0.25) is 0 Å². The lowest BCUT2D eigenvalue weighted by Gasteiger charge is -2.32. The van der Waals surface area contributed by atoms with Gasteiger partial charge in [0, 0.05) is 50.5 Å². The molecule has 2 aromatic heterocycles. The van der Waals surface area contributed by atoms with Gasteiger partial charge < -0.3 is 9.47 Å². The Morgan fingerprint density at radius 2 is 1.65 bits per heavy atom. The van der Waals surface area contributed by atoms with Gasteiger partial charge in [0.15, 0.2) is 0 Å². The van der Waals surface area contributed by atoms with Crippen LogP contribution in [0.4, 0.5) is 0 Å². The maximum Gasteiger partial charge on any atom is 0.261 e. The summed E-state index contributed by atoms with van der Waals surface area (Å²) >= 11 is 0. The quantitative estimate of drug-likeness (QED) is 0.585. The summed E-state index contributed by atoms with van der Waals surface area (Å²) in [6, 6.07) is 5.40. The highest BCUT2D eigenvalue weighted by Gasteiger charge is 2.30. The molecule has 3 aliphatic heterocycles. The first-order valence-corrected chi connectivity index (χ1v) is 12.9. The summed E-state index contributed by atoms with van der Waals surface area (Å²) in [5.74, 6) is 3.23. The highest BCUT2D eigenvalue weighted by atomic mass is 16.2. The molecule has 34 heavy (non-hydrogen) atoms. The molecule has 0 aliphatic carbocycles. The second-order valence-electron chi connectivity index (χ2n) is 10.1. The third-order valence-corrected chi connectivity index (χ3v) is 7.78.